The normalized spacial score (nSPS) is 39.4. The molecule has 4 aliphatic carbocycles. The summed E-state index contributed by atoms with van der Waals surface area (Å²) in [4.78, 5) is 67.0. The van der Waals surface area contributed by atoms with Gasteiger partial charge >= 0.3 is 5.97 Å². The van der Waals surface area contributed by atoms with E-state index >= 15 is 0 Å². The highest BCUT2D eigenvalue weighted by molar-refractivity contribution is 6.25. The van der Waals surface area contributed by atoms with Gasteiger partial charge in [-0.05, 0) is 54.7 Å². The third kappa shape index (κ3) is 2.23. The number of aromatic carboxylic acids is 1. The van der Waals surface area contributed by atoms with Crippen LogP contribution in [0, 0.1) is 47.3 Å². The predicted molar refractivity (Wildman–Crippen MR) is 114 cm³/mol. The number of carboxylic acid groups (broad SMARTS) is 1. The molecule has 6 aliphatic rings. The Balaban J connectivity index is 1.30. The Bertz CT molecular complexity index is 1120. The predicted octanol–water partition coefficient (Wildman–Crippen LogP) is 2.01. The number of fused-ring (bicyclic) bond motifs is 10. The van der Waals surface area contributed by atoms with E-state index in [-0.39, 0.29) is 64.2 Å². The van der Waals surface area contributed by atoms with Gasteiger partial charge in [0.05, 0.1) is 40.6 Å². The quantitative estimate of drug-likeness (QED) is 0.564. The van der Waals surface area contributed by atoms with E-state index in [4.69, 9.17) is 0 Å². The van der Waals surface area contributed by atoms with Crippen molar-refractivity contribution < 1.29 is 29.1 Å². The fraction of sp³-hybridized carbons (Fsp3) is 0.400. The van der Waals surface area contributed by atoms with Crippen molar-refractivity contribution >= 4 is 41.0 Å². The van der Waals surface area contributed by atoms with Gasteiger partial charge in [0.1, 0.15) is 0 Å². The zero-order valence-corrected chi connectivity index (χ0v) is 17.5. The van der Waals surface area contributed by atoms with Crippen LogP contribution in [0.25, 0.3) is 0 Å². The largest absolute Gasteiger partial charge is 0.478 e. The van der Waals surface area contributed by atoms with Gasteiger partial charge in [0.2, 0.25) is 23.6 Å². The third-order valence-corrected chi connectivity index (χ3v) is 8.61. The molecule has 0 radical (unpaired) electrons. The van der Waals surface area contributed by atoms with Gasteiger partial charge in [-0.25, -0.2) is 14.6 Å². The summed E-state index contributed by atoms with van der Waals surface area (Å²) in [6.45, 7) is 0. The Labute approximate surface area is 188 Å². The second kappa shape index (κ2) is 6.07. The van der Waals surface area contributed by atoms with E-state index in [2.05, 4.69) is 0 Å². The van der Waals surface area contributed by atoms with Gasteiger partial charge in [-0.3, -0.25) is 19.2 Å². The highest BCUT2D eigenvalue weighted by Gasteiger charge is 2.61. The molecule has 4 bridgehead atoms. The number of amides is 4. The Kier molecular flexibility index (Phi) is 3.49. The Hall–Kier alpha value is -3.55. The van der Waals surface area contributed by atoms with Crippen molar-refractivity contribution in [2.24, 2.45) is 47.3 Å². The number of hydrogen-bond acceptors (Lipinski definition) is 5. The average molecular weight is 444 g/mol. The zero-order valence-electron chi connectivity index (χ0n) is 17.5. The molecule has 1 aromatic carbocycles. The molecule has 1 N–H and O–H groups in total. The van der Waals surface area contributed by atoms with Crippen LogP contribution in [0.1, 0.15) is 23.2 Å². The fourth-order valence-corrected chi connectivity index (χ4v) is 7.29. The van der Waals surface area contributed by atoms with Gasteiger partial charge in [-0.2, -0.15) is 0 Å². The van der Waals surface area contributed by atoms with Gasteiger partial charge < -0.3 is 5.11 Å². The number of carboxylic acids is 1. The van der Waals surface area contributed by atoms with Crippen LogP contribution in [0.4, 0.5) is 11.4 Å². The highest BCUT2D eigenvalue weighted by atomic mass is 16.4. The second-order valence-corrected chi connectivity index (χ2v) is 10.1. The lowest BCUT2D eigenvalue weighted by molar-refractivity contribution is -0.124. The monoisotopic (exact) mass is 444 g/mol. The maximum Gasteiger partial charge on any atom is 0.335 e. The number of carbonyl (C=O) groups excluding carboxylic acids is 4. The Morgan fingerprint density at radius 3 is 1.27 bits per heavy atom. The molecular formula is C25H20N2O6. The fourth-order valence-electron chi connectivity index (χ4n) is 7.29. The van der Waals surface area contributed by atoms with Crippen LogP contribution in [0.5, 0.6) is 0 Å². The summed E-state index contributed by atoms with van der Waals surface area (Å²) >= 11 is 0. The molecule has 166 valence electrons. The van der Waals surface area contributed by atoms with Crippen LogP contribution in [-0.2, 0) is 19.2 Å². The highest BCUT2D eigenvalue weighted by Crippen LogP contribution is 2.55. The van der Waals surface area contributed by atoms with Crippen molar-refractivity contribution in [1.82, 2.24) is 0 Å². The average Bonchev–Trinajstić information content (AvgIpc) is 3.61. The minimum atomic E-state index is -1.26. The summed E-state index contributed by atoms with van der Waals surface area (Å²) in [5.74, 6) is -4.26. The summed E-state index contributed by atoms with van der Waals surface area (Å²) in [6.07, 6.45) is 9.53. The van der Waals surface area contributed by atoms with E-state index in [0.29, 0.717) is 0 Å². The van der Waals surface area contributed by atoms with Gasteiger partial charge in [0.15, 0.2) is 0 Å². The molecule has 0 aromatic heterocycles. The number of hydrogen-bond donors (Lipinski definition) is 1. The lowest BCUT2D eigenvalue weighted by atomic mass is 9.85. The number of rotatable bonds is 3. The molecule has 2 saturated carbocycles. The summed E-state index contributed by atoms with van der Waals surface area (Å²) in [5, 5.41) is 9.70. The molecule has 0 spiro atoms. The molecule has 0 unspecified atom stereocenters. The van der Waals surface area contributed by atoms with Crippen LogP contribution in [0.3, 0.4) is 0 Å². The standard InChI is InChI=1S/C25H20N2O6/c28-21-17-10-1-2-11(5-10)18(17)22(29)26(21)15-7-14(25(32)33)8-16(9-15)27-23(30)19-12-3-4-13(6-12)20(19)24(27)31/h1-4,7-13,17-20H,5-6H2,(H,32,33)/t10-,11-,12-,13-,17-,18+,19-,20+/m0/s1. The molecule has 2 saturated heterocycles. The van der Waals surface area contributed by atoms with Crippen LogP contribution in [0.15, 0.2) is 42.5 Å². The van der Waals surface area contributed by atoms with Crippen LogP contribution >= 0.6 is 0 Å². The summed E-state index contributed by atoms with van der Waals surface area (Å²) in [7, 11) is 0. The summed E-state index contributed by atoms with van der Waals surface area (Å²) in [5.41, 5.74) is 0.0277. The molecule has 4 fully saturated rings. The molecule has 8 heteroatoms. The van der Waals surface area contributed by atoms with Crippen molar-refractivity contribution in [2.45, 2.75) is 12.8 Å². The smallest absolute Gasteiger partial charge is 0.335 e. The molecule has 33 heavy (non-hydrogen) atoms. The van der Waals surface area contributed by atoms with Crippen molar-refractivity contribution in [3.8, 4) is 0 Å². The molecule has 2 heterocycles. The molecule has 2 aliphatic heterocycles. The first-order valence-electron chi connectivity index (χ1n) is 11.4. The van der Waals surface area contributed by atoms with Gasteiger partial charge in [0.25, 0.3) is 0 Å². The van der Waals surface area contributed by atoms with Crippen molar-refractivity contribution in [1.29, 1.82) is 0 Å². The lowest BCUT2D eigenvalue weighted by Crippen LogP contribution is -2.35. The van der Waals surface area contributed by atoms with Crippen molar-refractivity contribution in [2.75, 3.05) is 9.80 Å². The summed E-state index contributed by atoms with van der Waals surface area (Å²) < 4.78 is 0. The van der Waals surface area contributed by atoms with E-state index < -0.39 is 29.6 Å². The molecule has 7 rings (SSSR count). The number of anilines is 2. The number of imide groups is 2. The second-order valence-electron chi connectivity index (χ2n) is 10.1. The maximum atomic E-state index is 13.3. The third-order valence-electron chi connectivity index (χ3n) is 8.61. The lowest BCUT2D eigenvalue weighted by Gasteiger charge is -2.22. The van der Waals surface area contributed by atoms with Gasteiger partial charge in [-0.1, -0.05) is 24.3 Å². The number of benzene rings is 1. The van der Waals surface area contributed by atoms with E-state index in [1.165, 1.54) is 18.2 Å². The zero-order chi connectivity index (χ0) is 22.8. The Morgan fingerprint density at radius 1 is 0.636 bits per heavy atom. The SMILES string of the molecule is O=C(O)c1cc(N2C(=O)[C@@H]3[C@H](C2=O)[C@H]2C=C[C@H]3C2)cc(N2C(=O)[C@@H]3[C@H](C2=O)[C@H]2C=C[C@H]3C2)c1. The van der Waals surface area contributed by atoms with Crippen LogP contribution in [0.2, 0.25) is 0 Å². The summed E-state index contributed by atoms with van der Waals surface area (Å²) in [6, 6.07) is 3.98. The number of carbonyl (C=O) groups is 5. The van der Waals surface area contributed by atoms with Gasteiger partial charge in [0, 0.05) is 0 Å². The van der Waals surface area contributed by atoms with Gasteiger partial charge in [-0.15, -0.1) is 0 Å². The van der Waals surface area contributed by atoms with E-state index in [0.717, 1.165) is 22.6 Å². The molecular weight excluding hydrogens is 424 g/mol. The minimum absolute atomic E-state index is 0.0210. The first-order valence-corrected chi connectivity index (χ1v) is 11.4. The van der Waals surface area contributed by atoms with Crippen molar-refractivity contribution in [3.05, 3.63) is 48.1 Å². The van der Waals surface area contributed by atoms with E-state index in [1.54, 1.807) is 0 Å². The molecule has 8 atom stereocenters. The maximum absolute atomic E-state index is 13.3. The molecule has 1 aromatic rings. The van der Waals surface area contributed by atoms with Crippen LogP contribution in [-0.4, -0.2) is 34.7 Å². The molecule has 4 amide bonds. The first-order chi connectivity index (χ1) is 15.8. The number of allylic oxidation sites excluding steroid dienone is 4. The van der Waals surface area contributed by atoms with Crippen LogP contribution < -0.4 is 9.80 Å². The van der Waals surface area contributed by atoms with Crippen molar-refractivity contribution in [3.63, 3.8) is 0 Å². The van der Waals surface area contributed by atoms with E-state index in [1.807, 2.05) is 24.3 Å². The first kappa shape index (κ1) is 19.0. The number of nitrogens with zero attached hydrogens (tertiary/aromatic N) is 2. The minimum Gasteiger partial charge on any atom is -0.478 e. The molecule has 8 nitrogen and oxygen atoms in total. The topological polar surface area (TPSA) is 112 Å². The Morgan fingerprint density at radius 2 is 0.970 bits per heavy atom. The van der Waals surface area contributed by atoms with E-state index in [9.17, 15) is 29.1 Å².